The van der Waals surface area contributed by atoms with Gasteiger partial charge in [0.1, 0.15) is 0 Å². The smallest absolute Gasteiger partial charge is 0.336 e. The Morgan fingerprint density at radius 3 is 2.38 bits per heavy atom. The summed E-state index contributed by atoms with van der Waals surface area (Å²) < 4.78 is 0. The van der Waals surface area contributed by atoms with Gasteiger partial charge in [-0.05, 0) is 42.8 Å². The number of aromatic carboxylic acids is 1. The van der Waals surface area contributed by atoms with E-state index in [1.165, 1.54) is 0 Å². The lowest BCUT2D eigenvalue weighted by Gasteiger charge is -2.07. The molecule has 146 valence electrons. The summed E-state index contributed by atoms with van der Waals surface area (Å²) in [5.74, 6) is -0.933. The van der Waals surface area contributed by atoms with Gasteiger partial charge in [-0.25, -0.2) is 9.78 Å². The maximum Gasteiger partial charge on any atom is 0.336 e. The van der Waals surface area contributed by atoms with Crippen LogP contribution in [0, 0.1) is 6.92 Å². The van der Waals surface area contributed by atoms with Gasteiger partial charge in [-0.1, -0.05) is 65.7 Å². The molecule has 3 N–H and O–H groups in total. The first-order valence-corrected chi connectivity index (χ1v) is 9.50. The van der Waals surface area contributed by atoms with Crippen molar-refractivity contribution in [3.05, 3.63) is 101 Å². The first-order valence-electron chi connectivity index (χ1n) is 9.12. The van der Waals surface area contributed by atoms with E-state index in [1.54, 1.807) is 12.1 Å². The zero-order chi connectivity index (χ0) is 20.8. The Morgan fingerprint density at radius 2 is 1.72 bits per heavy atom. The molecule has 4 aromatic rings. The average Bonchev–Trinajstić information content (AvgIpc) is 2.74. The molecule has 0 saturated carbocycles. The Hall–Kier alpha value is -3.21. The molecule has 0 bridgehead atoms. The molecule has 0 aliphatic carbocycles. The van der Waals surface area contributed by atoms with Gasteiger partial charge < -0.3 is 10.8 Å². The number of carbonyl (C=O) groups is 1. The molecule has 0 aliphatic rings. The molecule has 1 aromatic heterocycles. The molecule has 29 heavy (non-hydrogen) atoms. The minimum absolute atomic E-state index is 0.284. The largest absolute Gasteiger partial charge is 0.478 e. The molecule has 0 atom stereocenters. The predicted octanol–water partition coefficient (Wildman–Crippen LogP) is 5.71. The maximum atomic E-state index is 11.4. The highest BCUT2D eigenvalue weighted by molar-refractivity contribution is 6.30. The second-order valence-corrected chi connectivity index (χ2v) is 7.01. The summed E-state index contributed by atoms with van der Waals surface area (Å²) in [7, 11) is 0. The van der Waals surface area contributed by atoms with Crippen molar-refractivity contribution in [2.45, 2.75) is 13.5 Å². The summed E-state index contributed by atoms with van der Waals surface area (Å²) in [5, 5.41) is 10.8. The molecule has 0 unspecified atom stereocenters. The predicted molar refractivity (Wildman–Crippen MR) is 118 cm³/mol. The van der Waals surface area contributed by atoms with Crippen LogP contribution in [-0.4, -0.2) is 16.1 Å². The standard InChI is InChI=1S/C17H13NO2.C7H8ClN/c1-11-5-4-6-12(9-11)16-10-14(17(19)20)13-7-2-3-8-15(13)18-16;8-7-3-1-6(5-9)2-4-7/h2-10H,1H3,(H,19,20);1-4H,5,9H2. The molecular formula is C24H21ClN2O2. The van der Waals surface area contributed by atoms with E-state index < -0.39 is 5.97 Å². The third kappa shape index (κ3) is 5.19. The van der Waals surface area contributed by atoms with E-state index in [0.29, 0.717) is 23.1 Å². The van der Waals surface area contributed by atoms with Crippen molar-refractivity contribution in [1.29, 1.82) is 0 Å². The number of benzene rings is 3. The highest BCUT2D eigenvalue weighted by Crippen LogP contribution is 2.25. The number of nitrogens with two attached hydrogens (primary N) is 1. The van der Waals surface area contributed by atoms with E-state index in [0.717, 1.165) is 21.7 Å². The van der Waals surface area contributed by atoms with Crippen molar-refractivity contribution in [1.82, 2.24) is 4.98 Å². The fraction of sp³-hybridized carbons (Fsp3) is 0.0833. The first-order chi connectivity index (χ1) is 14.0. The van der Waals surface area contributed by atoms with Crippen LogP contribution in [0.4, 0.5) is 0 Å². The van der Waals surface area contributed by atoms with Crippen LogP contribution in [0.2, 0.25) is 5.02 Å². The fourth-order valence-corrected chi connectivity index (χ4v) is 3.05. The fourth-order valence-electron chi connectivity index (χ4n) is 2.93. The number of para-hydroxylation sites is 1. The van der Waals surface area contributed by atoms with Crippen molar-refractivity contribution >= 4 is 28.5 Å². The molecule has 4 nitrogen and oxygen atoms in total. The van der Waals surface area contributed by atoms with E-state index in [-0.39, 0.29) is 5.56 Å². The molecule has 1 heterocycles. The van der Waals surface area contributed by atoms with Crippen molar-refractivity contribution in [2.75, 3.05) is 0 Å². The van der Waals surface area contributed by atoms with Crippen LogP contribution < -0.4 is 5.73 Å². The Bertz CT molecular complexity index is 1140. The normalized spacial score (nSPS) is 10.3. The van der Waals surface area contributed by atoms with Gasteiger partial charge in [0, 0.05) is 22.5 Å². The topological polar surface area (TPSA) is 76.2 Å². The molecular weight excluding hydrogens is 384 g/mol. The van der Waals surface area contributed by atoms with Crippen molar-refractivity contribution in [2.24, 2.45) is 5.73 Å². The molecule has 0 radical (unpaired) electrons. The van der Waals surface area contributed by atoms with Gasteiger partial charge in [-0.15, -0.1) is 0 Å². The molecule has 0 fully saturated rings. The lowest BCUT2D eigenvalue weighted by Crippen LogP contribution is -2.00. The summed E-state index contributed by atoms with van der Waals surface area (Å²) in [6.07, 6.45) is 0. The van der Waals surface area contributed by atoms with Crippen LogP contribution in [0.25, 0.3) is 22.2 Å². The number of fused-ring (bicyclic) bond motifs is 1. The molecule has 5 heteroatoms. The average molecular weight is 405 g/mol. The van der Waals surface area contributed by atoms with E-state index in [1.807, 2.05) is 73.7 Å². The lowest BCUT2D eigenvalue weighted by molar-refractivity contribution is 0.0699. The Kier molecular flexibility index (Phi) is 6.60. The summed E-state index contributed by atoms with van der Waals surface area (Å²) in [4.78, 5) is 16.0. The third-order valence-corrected chi connectivity index (χ3v) is 4.66. The van der Waals surface area contributed by atoms with Crippen LogP contribution >= 0.6 is 11.6 Å². The van der Waals surface area contributed by atoms with Crippen LogP contribution in [0.3, 0.4) is 0 Å². The van der Waals surface area contributed by atoms with E-state index in [4.69, 9.17) is 17.3 Å². The number of pyridine rings is 1. The highest BCUT2D eigenvalue weighted by atomic mass is 35.5. The van der Waals surface area contributed by atoms with Gasteiger partial charge in [0.05, 0.1) is 16.8 Å². The molecule has 0 spiro atoms. The number of aryl methyl sites for hydroxylation is 1. The van der Waals surface area contributed by atoms with Crippen molar-refractivity contribution < 1.29 is 9.90 Å². The molecule has 0 saturated heterocycles. The van der Waals surface area contributed by atoms with Crippen LogP contribution in [0.1, 0.15) is 21.5 Å². The quantitative estimate of drug-likeness (QED) is 0.458. The van der Waals surface area contributed by atoms with Crippen LogP contribution in [0.15, 0.2) is 78.9 Å². The highest BCUT2D eigenvalue weighted by Gasteiger charge is 2.12. The number of carboxylic acids is 1. The number of aromatic nitrogens is 1. The zero-order valence-corrected chi connectivity index (χ0v) is 16.7. The van der Waals surface area contributed by atoms with E-state index in [2.05, 4.69) is 4.98 Å². The summed E-state index contributed by atoms with van der Waals surface area (Å²) in [6, 6.07) is 24.3. The number of hydrogen-bond acceptors (Lipinski definition) is 3. The van der Waals surface area contributed by atoms with Crippen molar-refractivity contribution in [3.8, 4) is 11.3 Å². The maximum absolute atomic E-state index is 11.4. The van der Waals surface area contributed by atoms with Gasteiger partial charge in [0.25, 0.3) is 0 Å². The zero-order valence-electron chi connectivity index (χ0n) is 16.0. The third-order valence-electron chi connectivity index (χ3n) is 4.41. The van der Waals surface area contributed by atoms with Crippen molar-refractivity contribution in [3.63, 3.8) is 0 Å². The Balaban J connectivity index is 0.000000224. The summed E-state index contributed by atoms with van der Waals surface area (Å²) in [6.45, 7) is 2.58. The lowest BCUT2D eigenvalue weighted by atomic mass is 10.0. The SMILES string of the molecule is Cc1cccc(-c2cc(C(=O)O)c3ccccc3n2)c1.NCc1ccc(Cl)cc1. The number of nitrogens with zero attached hydrogens (tertiary/aromatic N) is 1. The summed E-state index contributed by atoms with van der Waals surface area (Å²) >= 11 is 5.63. The number of rotatable bonds is 3. The second kappa shape index (κ2) is 9.32. The van der Waals surface area contributed by atoms with E-state index in [9.17, 15) is 9.90 Å². The minimum Gasteiger partial charge on any atom is -0.478 e. The van der Waals surface area contributed by atoms with Gasteiger partial charge in [0.15, 0.2) is 0 Å². The van der Waals surface area contributed by atoms with Crippen LogP contribution in [0.5, 0.6) is 0 Å². The van der Waals surface area contributed by atoms with Gasteiger partial charge >= 0.3 is 5.97 Å². The van der Waals surface area contributed by atoms with Gasteiger partial charge in [-0.3, -0.25) is 0 Å². The molecule has 0 aliphatic heterocycles. The second-order valence-electron chi connectivity index (χ2n) is 6.58. The van der Waals surface area contributed by atoms with Gasteiger partial charge in [0.2, 0.25) is 0 Å². The molecule has 0 amide bonds. The number of halogens is 1. The van der Waals surface area contributed by atoms with Gasteiger partial charge in [-0.2, -0.15) is 0 Å². The minimum atomic E-state index is -0.933. The monoisotopic (exact) mass is 404 g/mol. The Labute approximate surface area is 174 Å². The first kappa shape index (κ1) is 20.5. The molecule has 4 rings (SSSR count). The number of hydrogen-bond donors (Lipinski definition) is 2. The van der Waals surface area contributed by atoms with E-state index >= 15 is 0 Å². The molecule has 3 aromatic carbocycles. The van der Waals surface area contributed by atoms with Crippen LogP contribution in [-0.2, 0) is 6.54 Å². The number of carboxylic acid groups (broad SMARTS) is 1. The summed E-state index contributed by atoms with van der Waals surface area (Å²) in [5.41, 5.74) is 10.2. The Morgan fingerprint density at radius 1 is 1.00 bits per heavy atom.